The predicted molar refractivity (Wildman–Crippen MR) is 80.7 cm³/mol. The molecule has 0 radical (unpaired) electrons. The minimum Gasteiger partial charge on any atom is -0.356 e. The number of carbonyl (C=O) groups excluding carboxylic acids is 2. The van der Waals surface area contributed by atoms with Crippen LogP contribution >= 0.6 is 11.6 Å². The zero-order chi connectivity index (χ0) is 14.8. The van der Waals surface area contributed by atoms with Gasteiger partial charge in [-0.2, -0.15) is 0 Å². The molecule has 0 aliphatic carbocycles. The van der Waals surface area contributed by atoms with Crippen LogP contribution in [0.4, 0.5) is 0 Å². The van der Waals surface area contributed by atoms with Crippen molar-refractivity contribution in [3.05, 3.63) is 34.9 Å². The summed E-state index contributed by atoms with van der Waals surface area (Å²) in [4.78, 5) is 22.3. The van der Waals surface area contributed by atoms with Crippen LogP contribution < -0.4 is 10.6 Å². The van der Waals surface area contributed by atoms with Gasteiger partial charge in [0.1, 0.15) is 0 Å². The molecule has 0 aliphatic rings. The fourth-order valence-corrected chi connectivity index (χ4v) is 2.01. The van der Waals surface area contributed by atoms with Gasteiger partial charge in [-0.1, -0.05) is 29.8 Å². The van der Waals surface area contributed by atoms with E-state index in [9.17, 15) is 9.59 Å². The molecule has 1 aromatic rings. The standard InChI is InChI=1S/C15H21ClN2O2/c1-12(19)17-10-4-5-11-18-15(20)9-8-13-6-2-3-7-14(13)16/h2-3,6-7H,4-5,8-11H2,1H3,(H,17,19)(H,18,20). The van der Waals surface area contributed by atoms with Crippen LogP contribution in [0.3, 0.4) is 0 Å². The van der Waals surface area contributed by atoms with Gasteiger partial charge >= 0.3 is 0 Å². The molecule has 0 aliphatic heterocycles. The first-order chi connectivity index (χ1) is 9.59. The minimum atomic E-state index is -0.0197. The molecule has 0 aromatic heterocycles. The number of rotatable bonds is 8. The van der Waals surface area contributed by atoms with Crippen LogP contribution in [0, 0.1) is 0 Å². The Morgan fingerprint density at radius 3 is 2.40 bits per heavy atom. The molecule has 5 heteroatoms. The Morgan fingerprint density at radius 1 is 1.10 bits per heavy atom. The van der Waals surface area contributed by atoms with Crippen molar-refractivity contribution in [1.82, 2.24) is 10.6 Å². The number of amides is 2. The lowest BCUT2D eigenvalue weighted by Crippen LogP contribution is -2.26. The molecular formula is C15H21ClN2O2. The van der Waals surface area contributed by atoms with Crippen LogP contribution in [0.5, 0.6) is 0 Å². The lowest BCUT2D eigenvalue weighted by Gasteiger charge is -2.06. The summed E-state index contributed by atoms with van der Waals surface area (Å²) in [6, 6.07) is 7.56. The minimum absolute atomic E-state index is 0.0197. The van der Waals surface area contributed by atoms with Gasteiger partial charge < -0.3 is 10.6 Å². The smallest absolute Gasteiger partial charge is 0.220 e. The van der Waals surface area contributed by atoms with E-state index in [4.69, 9.17) is 11.6 Å². The second-order valence-electron chi connectivity index (χ2n) is 4.63. The summed E-state index contributed by atoms with van der Waals surface area (Å²) < 4.78 is 0. The summed E-state index contributed by atoms with van der Waals surface area (Å²) in [5.74, 6) is 0.0122. The first kappa shape index (κ1) is 16.5. The van der Waals surface area contributed by atoms with Gasteiger partial charge in [0.15, 0.2) is 0 Å². The van der Waals surface area contributed by atoms with Crippen LogP contribution in [0.15, 0.2) is 24.3 Å². The van der Waals surface area contributed by atoms with Gasteiger partial charge in [-0.05, 0) is 30.9 Å². The molecule has 0 bridgehead atoms. The molecule has 4 nitrogen and oxygen atoms in total. The summed E-state index contributed by atoms with van der Waals surface area (Å²) in [5, 5.41) is 6.29. The first-order valence-corrected chi connectivity index (χ1v) is 7.22. The number of aryl methyl sites for hydroxylation is 1. The number of nitrogens with one attached hydrogen (secondary N) is 2. The molecule has 0 unspecified atom stereocenters. The van der Waals surface area contributed by atoms with Gasteiger partial charge in [-0.25, -0.2) is 0 Å². The highest BCUT2D eigenvalue weighted by atomic mass is 35.5. The van der Waals surface area contributed by atoms with Crippen molar-refractivity contribution in [3.8, 4) is 0 Å². The molecule has 0 saturated carbocycles. The maximum Gasteiger partial charge on any atom is 0.220 e. The largest absolute Gasteiger partial charge is 0.356 e. The fourth-order valence-electron chi connectivity index (χ4n) is 1.78. The summed E-state index contributed by atoms with van der Waals surface area (Å²) in [6.45, 7) is 2.79. The van der Waals surface area contributed by atoms with E-state index in [1.807, 2.05) is 24.3 Å². The molecule has 0 saturated heterocycles. The topological polar surface area (TPSA) is 58.2 Å². The van der Waals surface area contributed by atoms with Crippen LogP contribution in [-0.4, -0.2) is 24.9 Å². The summed E-state index contributed by atoms with van der Waals surface area (Å²) in [7, 11) is 0. The van der Waals surface area contributed by atoms with Gasteiger partial charge in [0.2, 0.25) is 11.8 Å². The van der Waals surface area contributed by atoms with Crippen molar-refractivity contribution in [1.29, 1.82) is 0 Å². The Balaban J connectivity index is 2.09. The third-order valence-electron chi connectivity index (χ3n) is 2.88. The Labute approximate surface area is 124 Å². The van der Waals surface area contributed by atoms with Crippen molar-refractivity contribution in [2.45, 2.75) is 32.6 Å². The molecule has 0 atom stereocenters. The molecule has 1 aromatic carbocycles. The van der Waals surface area contributed by atoms with E-state index >= 15 is 0 Å². The Kier molecular flexibility index (Phi) is 7.73. The number of hydrogen-bond acceptors (Lipinski definition) is 2. The second-order valence-corrected chi connectivity index (χ2v) is 5.04. The van der Waals surface area contributed by atoms with Crippen LogP contribution in [0.25, 0.3) is 0 Å². The van der Waals surface area contributed by atoms with Gasteiger partial charge in [0.05, 0.1) is 0 Å². The van der Waals surface area contributed by atoms with Crippen LogP contribution in [0.1, 0.15) is 31.7 Å². The zero-order valence-electron chi connectivity index (χ0n) is 11.7. The third-order valence-corrected chi connectivity index (χ3v) is 3.25. The molecule has 2 amide bonds. The summed E-state index contributed by atoms with van der Waals surface area (Å²) >= 11 is 6.03. The quantitative estimate of drug-likeness (QED) is 0.723. The van der Waals surface area contributed by atoms with E-state index < -0.39 is 0 Å². The Hall–Kier alpha value is -1.55. The predicted octanol–water partition coefficient (Wildman–Crippen LogP) is 2.31. The van der Waals surface area contributed by atoms with E-state index in [0.29, 0.717) is 31.0 Å². The first-order valence-electron chi connectivity index (χ1n) is 6.84. The molecule has 20 heavy (non-hydrogen) atoms. The van der Waals surface area contributed by atoms with Crippen LogP contribution in [-0.2, 0) is 16.0 Å². The molecule has 1 rings (SSSR count). The fraction of sp³-hybridized carbons (Fsp3) is 0.467. The van der Waals surface area contributed by atoms with Gasteiger partial charge in [0.25, 0.3) is 0 Å². The molecule has 2 N–H and O–H groups in total. The highest BCUT2D eigenvalue weighted by Crippen LogP contribution is 2.16. The summed E-state index contributed by atoms with van der Waals surface area (Å²) in [5.41, 5.74) is 0.995. The van der Waals surface area contributed by atoms with E-state index in [-0.39, 0.29) is 11.8 Å². The SMILES string of the molecule is CC(=O)NCCCCNC(=O)CCc1ccccc1Cl. The van der Waals surface area contributed by atoms with E-state index in [1.54, 1.807) is 0 Å². The molecule has 0 fully saturated rings. The Morgan fingerprint density at radius 2 is 1.75 bits per heavy atom. The maximum absolute atomic E-state index is 11.6. The highest BCUT2D eigenvalue weighted by Gasteiger charge is 2.04. The normalized spacial score (nSPS) is 10.1. The number of halogens is 1. The van der Waals surface area contributed by atoms with Gasteiger partial charge in [-0.3, -0.25) is 9.59 Å². The van der Waals surface area contributed by atoms with Crippen molar-refractivity contribution < 1.29 is 9.59 Å². The zero-order valence-corrected chi connectivity index (χ0v) is 12.5. The van der Waals surface area contributed by atoms with E-state index in [2.05, 4.69) is 10.6 Å². The monoisotopic (exact) mass is 296 g/mol. The van der Waals surface area contributed by atoms with Crippen molar-refractivity contribution in [2.24, 2.45) is 0 Å². The number of benzene rings is 1. The number of unbranched alkanes of at least 4 members (excludes halogenated alkanes) is 1. The van der Waals surface area contributed by atoms with E-state index in [0.717, 1.165) is 18.4 Å². The highest BCUT2D eigenvalue weighted by molar-refractivity contribution is 6.31. The average molecular weight is 297 g/mol. The number of carbonyl (C=O) groups is 2. The molecule has 0 spiro atoms. The van der Waals surface area contributed by atoms with Gasteiger partial charge in [0, 0.05) is 31.5 Å². The lowest BCUT2D eigenvalue weighted by atomic mass is 10.1. The third kappa shape index (κ3) is 7.14. The molecule has 110 valence electrons. The summed E-state index contributed by atoms with van der Waals surface area (Å²) in [6.07, 6.45) is 2.81. The van der Waals surface area contributed by atoms with Crippen molar-refractivity contribution in [3.63, 3.8) is 0 Å². The second kappa shape index (κ2) is 9.37. The number of hydrogen-bond donors (Lipinski definition) is 2. The molecular weight excluding hydrogens is 276 g/mol. The van der Waals surface area contributed by atoms with Crippen molar-refractivity contribution in [2.75, 3.05) is 13.1 Å². The average Bonchev–Trinajstić information content (AvgIpc) is 2.41. The maximum atomic E-state index is 11.6. The van der Waals surface area contributed by atoms with Crippen molar-refractivity contribution >= 4 is 23.4 Å². The van der Waals surface area contributed by atoms with E-state index in [1.165, 1.54) is 6.92 Å². The van der Waals surface area contributed by atoms with Crippen LogP contribution in [0.2, 0.25) is 5.02 Å². The Bertz CT molecular complexity index is 449. The van der Waals surface area contributed by atoms with Gasteiger partial charge in [-0.15, -0.1) is 0 Å². The lowest BCUT2D eigenvalue weighted by molar-refractivity contribution is -0.121. The molecule has 0 heterocycles.